The topological polar surface area (TPSA) is 87.7 Å². The first kappa shape index (κ1) is 16.6. The number of nitrogens with two attached hydrogens (primary N) is 1. The van der Waals surface area contributed by atoms with Crippen LogP contribution in [0.25, 0.3) is 0 Å². The molecule has 0 aliphatic carbocycles. The fourth-order valence-electron chi connectivity index (χ4n) is 1.64. The Morgan fingerprint density at radius 2 is 2.30 bits per heavy atom. The summed E-state index contributed by atoms with van der Waals surface area (Å²) < 4.78 is 24.8. The van der Waals surface area contributed by atoms with E-state index in [0.717, 1.165) is 6.42 Å². The van der Waals surface area contributed by atoms with Crippen LogP contribution in [-0.2, 0) is 17.3 Å². The van der Waals surface area contributed by atoms with Crippen LogP contribution in [0.4, 0.5) is 4.39 Å². The summed E-state index contributed by atoms with van der Waals surface area (Å²) in [5.41, 5.74) is 6.23. The zero-order chi connectivity index (χ0) is 15.1. The number of amidine groups is 1. The van der Waals surface area contributed by atoms with Crippen molar-refractivity contribution in [1.82, 2.24) is 5.32 Å². The summed E-state index contributed by atoms with van der Waals surface area (Å²) in [7, 11) is -0.813. The zero-order valence-corrected chi connectivity index (χ0v) is 12.4. The minimum absolute atomic E-state index is 0.123. The first-order valence-corrected chi connectivity index (χ1v) is 7.96. The molecule has 0 spiro atoms. The maximum atomic E-state index is 13.8. The first-order valence-electron chi connectivity index (χ1n) is 6.23. The summed E-state index contributed by atoms with van der Waals surface area (Å²) in [5.74, 6) is 0.0917. The predicted octanol–water partition coefficient (Wildman–Crippen LogP) is 1.17. The monoisotopic (exact) mass is 301 g/mol. The Balaban J connectivity index is 2.58. The van der Waals surface area contributed by atoms with Crippen molar-refractivity contribution in [3.8, 4) is 0 Å². The van der Waals surface area contributed by atoms with Gasteiger partial charge in [-0.1, -0.05) is 17.3 Å². The smallest absolute Gasteiger partial charge is 0.170 e. The highest BCUT2D eigenvalue weighted by Crippen LogP contribution is 2.11. The van der Waals surface area contributed by atoms with Crippen molar-refractivity contribution in [1.29, 1.82) is 0 Å². The second-order valence-corrected chi connectivity index (χ2v) is 6.19. The van der Waals surface area contributed by atoms with E-state index in [-0.39, 0.29) is 11.9 Å². The summed E-state index contributed by atoms with van der Waals surface area (Å²) in [6, 6.07) is 4.58. The highest BCUT2D eigenvalue weighted by Gasteiger charge is 2.08. The Morgan fingerprint density at radius 3 is 2.85 bits per heavy atom. The maximum Gasteiger partial charge on any atom is 0.170 e. The molecule has 1 rings (SSSR count). The van der Waals surface area contributed by atoms with Crippen molar-refractivity contribution in [2.75, 3.05) is 12.0 Å². The number of nitrogens with zero attached hydrogens (tertiary/aromatic N) is 1. The Morgan fingerprint density at radius 1 is 1.60 bits per heavy atom. The molecule has 0 aliphatic heterocycles. The second kappa shape index (κ2) is 7.96. The molecular formula is C13H20FN3O2S. The molecule has 0 aromatic heterocycles. The van der Waals surface area contributed by atoms with Gasteiger partial charge in [-0.05, 0) is 19.4 Å². The van der Waals surface area contributed by atoms with Crippen molar-refractivity contribution in [3.05, 3.63) is 35.1 Å². The molecule has 0 bridgehead atoms. The van der Waals surface area contributed by atoms with Gasteiger partial charge in [-0.2, -0.15) is 0 Å². The van der Waals surface area contributed by atoms with Gasteiger partial charge in [0.2, 0.25) is 0 Å². The Bertz CT molecular complexity index is 508. The van der Waals surface area contributed by atoms with E-state index in [2.05, 4.69) is 10.5 Å². The number of benzene rings is 1. The molecule has 4 N–H and O–H groups in total. The normalized spacial score (nSPS) is 15.1. The van der Waals surface area contributed by atoms with Crippen molar-refractivity contribution in [2.45, 2.75) is 25.9 Å². The third-order valence-electron chi connectivity index (χ3n) is 2.94. The molecule has 2 atom stereocenters. The van der Waals surface area contributed by atoms with Gasteiger partial charge in [0.25, 0.3) is 0 Å². The number of hydrogen-bond donors (Lipinski definition) is 3. The van der Waals surface area contributed by atoms with Gasteiger partial charge in [0.05, 0.1) is 0 Å². The van der Waals surface area contributed by atoms with Crippen molar-refractivity contribution in [3.63, 3.8) is 0 Å². The van der Waals surface area contributed by atoms with Gasteiger partial charge in [0, 0.05) is 46.5 Å². The molecule has 2 unspecified atom stereocenters. The third-order valence-corrected chi connectivity index (χ3v) is 3.75. The molecule has 0 fully saturated rings. The SMILES string of the molecule is CC(CCS(C)=O)NCc1ccc(/C(N)=N/O)cc1F. The third kappa shape index (κ3) is 5.26. The summed E-state index contributed by atoms with van der Waals surface area (Å²) in [6.45, 7) is 2.34. The summed E-state index contributed by atoms with van der Waals surface area (Å²) in [6.07, 6.45) is 2.44. The van der Waals surface area contributed by atoms with Crippen LogP contribution < -0.4 is 11.1 Å². The molecule has 0 aliphatic rings. The lowest BCUT2D eigenvalue weighted by molar-refractivity contribution is 0.318. The summed E-state index contributed by atoms with van der Waals surface area (Å²) in [4.78, 5) is 0. The minimum atomic E-state index is -0.813. The molecule has 7 heteroatoms. The summed E-state index contributed by atoms with van der Waals surface area (Å²) in [5, 5.41) is 14.5. The molecule has 0 amide bonds. The van der Waals surface area contributed by atoms with Crippen molar-refractivity contribution >= 4 is 16.6 Å². The largest absolute Gasteiger partial charge is 0.409 e. The van der Waals surface area contributed by atoms with Crippen LogP contribution in [0.2, 0.25) is 0 Å². The highest BCUT2D eigenvalue weighted by molar-refractivity contribution is 7.84. The number of nitrogens with one attached hydrogen (secondary N) is 1. The van der Waals surface area contributed by atoms with E-state index in [4.69, 9.17) is 10.9 Å². The Kier molecular flexibility index (Phi) is 6.60. The van der Waals surface area contributed by atoms with E-state index in [9.17, 15) is 8.60 Å². The molecule has 5 nitrogen and oxygen atoms in total. The zero-order valence-electron chi connectivity index (χ0n) is 11.6. The van der Waals surface area contributed by atoms with Crippen LogP contribution in [-0.4, -0.2) is 33.3 Å². The van der Waals surface area contributed by atoms with Crippen LogP contribution in [0.5, 0.6) is 0 Å². The van der Waals surface area contributed by atoms with Crippen LogP contribution in [0.15, 0.2) is 23.4 Å². The van der Waals surface area contributed by atoms with Gasteiger partial charge in [-0.3, -0.25) is 4.21 Å². The lowest BCUT2D eigenvalue weighted by Gasteiger charge is -2.13. The molecule has 0 heterocycles. The Labute approximate surface area is 120 Å². The molecule has 0 saturated carbocycles. The average Bonchev–Trinajstić information content (AvgIpc) is 2.42. The van der Waals surface area contributed by atoms with E-state index in [0.29, 0.717) is 23.4 Å². The van der Waals surface area contributed by atoms with Crippen LogP contribution in [0, 0.1) is 5.82 Å². The molecule has 1 aromatic rings. The summed E-state index contributed by atoms with van der Waals surface area (Å²) >= 11 is 0. The van der Waals surface area contributed by atoms with Gasteiger partial charge >= 0.3 is 0 Å². The molecule has 0 saturated heterocycles. The standard InChI is InChI=1S/C13H20FN3O2S/c1-9(5-6-20(2)19)16-8-11-4-3-10(7-12(11)14)13(15)17-18/h3-4,7,9,16,18H,5-6,8H2,1-2H3,(H2,15,17). The van der Waals surface area contributed by atoms with Crippen molar-refractivity contribution < 1.29 is 13.8 Å². The van der Waals surface area contributed by atoms with Gasteiger partial charge in [0.15, 0.2) is 5.84 Å². The number of oxime groups is 1. The highest BCUT2D eigenvalue weighted by atomic mass is 32.2. The quantitative estimate of drug-likeness (QED) is 0.305. The van der Waals surface area contributed by atoms with Crippen LogP contribution in [0.1, 0.15) is 24.5 Å². The van der Waals surface area contributed by atoms with E-state index >= 15 is 0 Å². The van der Waals surface area contributed by atoms with Gasteiger partial charge in [0.1, 0.15) is 5.82 Å². The fourth-order valence-corrected chi connectivity index (χ4v) is 2.32. The van der Waals surface area contributed by atoms with Crippen LogP contribution in [0.3, 0.4) is 0 Å². The lowest BCUT2D eigenvalue weighted by atomic mass is 10.1. The number of rotatable bonds is 7. The lowest BCUT2D eigenvalue weighted by Crippen LogP contribution is -2.27. The Hall–Kier alpha value is -1.47. The van der Waals surface area contributed by atoms with E-state index in [1.54, 1.807) is 18.4 Å². The molecule has 1 aromatic carbocycles. The molecule has 0 radical (unpaired) electrons. The fraction of sp³-hybridized carbons (Fsp3) is 0.462. The van der Waals surface area contributed by atoms with Gasteiger partial charge in [-0.25, -0.2) is 4.39 Å². The second-order valence-electron chi connectivity index (χ2n) is 4.64. The molecular weight excluding hydrogens is 281 g/mol. The van der Waals surface area contributed by atoms with E-state index in [1.807, 2.05) is 6.92 Å². The predicted molar refractivity (Wildman–Crippen MR) is 78.8 cm³/mol. The van der Waals surface area contributed by atoms with Crippen LogP contribution >= 0.6 is 0 Å². The van der Waals surface area contributed by atoms with E-state index in [1.165, 1.54) is 6.07 Å². The maximum absolute atomic E-state index is 13.8. The first-order chi connectivity index (χ1) is 9.43. The van der Waals surface area contributed by atoms with Gasteiger partial charge < -0.3 is 16.3 Å². The van der Waals surface area contributed by atoms with Gasteiger partial charge in [-0.15, -0.1) is 0 Å². The van der Waals surface area contributed by atoms with E-state index < -0.39 is 16.6 Å². The van der Waals surface area contributed by atoms with Crippen molar-refractivity contribution in [2.24, 2.45) is 10.9 Å². The molecule has 112 valence electrons. The molecule has 20 heavy (non-hydrogen) atoms. The number of halogens is 1. The average molecular weight is 301 g/mol. The minimum Gasteiger partial charge on any atom is -0.409 e. The number of hydrogen-bond acceptors (Lipinski definition) is 4.